The van der Waals surface area contributed by atoms with Crippen LogP contribution in [-0.2, 0) is 17.7 Å². The zero-order chi connectivity index (χ0) is 21.9. The molecule has 0 aliphatic heterocycles. The van der Waals surface area contributed by atoms with Crippen molar-refractivity contribution in [3.05, 3.63) is 77.6 Å². The van der Waals surface area contributed by atoms with Gasteiger partial charge >= 0.3 is 0 Å². The Morgan fingerprint density at radius 1 is 1.09 bits per heavy atom. The third kappa shape index (κ3) is 7.83. The Bertz CT molecular complexity index is 976. The smallest absolute Gasteiger partial charge is 0.191 e. The molecule has 1 heterocycles. The van der Waals surface area contributed by atoms with Crippen LogP contribution in [0.15, 0.2) is 65.9 Å². The lowest BCUT2D eigenvalue weighted by Gasteiger charge is -2.15. The maximum Gasteiger partial charge on any atom is 0.191 e. The SMILES string of the molecule is CN=C(NCCc1cnn(-c2ccccc2)c1)NCc1ccc(C)cc1OCCOC.I. The highest BCUT2D eigenvalue weighted by atomic mass is 127. The number of methoxy groups -OCH3 is 1. The third-order valence-corrected chi connectivity index (χ3v) is 4.80. The number of nitrogens with zero attached hydrogens (tertiary/aromatic N) is 3. The largest absolute Gasteiger partial charge is 0.491 e. The van der Waals surface area contributed by atoms with Crippen molar-refractivity contribution in [1.82, 2.24) is 20.4 Å². The molecule has 3 rings (SSSR count). The number of aromatic nitrogens is 2. The standard InChI is InChI=1S/C24H31N5O2.HI/c1-19-9-10-21(23(15-19)31-14-13-30-3)17-27-24(25-2)26-12-11-20-16-28-29(18-20)22-7-5-4-6-8-22;/h4-10,15-16,18H,11-14,17H2,1-3H3,(H2,25,26,27);1H. The van der Waals surface area contributed by atoms with Gasteiger partial charge in [0.2, 0.25) is 0 Å². The Morgan fingerprint density at radius 3 is 2.66 bits per heavy atom. The summed E-state index contributed by atoms with van der Waals surface area (Å²) in [5, 5.41) is 11.2. The number of para-hydroxylation sites is 1. The van der Waals surface area contributed by atoms with Gasteiger partial charge in [0, 0.05) is 39.0 Å². The van der Waals surface area contributed by atoms with Crippen LogP contribution in [0.4, 0.5) is 0 Å². The minimum atomic E-state index is 0. The van der Waals surface area contributed by atoms with Gasteiger partial charge in [0.1, 0.15) is 12.4 Å². The van der Waals surface area contributed by atoms with E-state index in [1.165, 1.54) is 5.56 Å². The minimum absolute atomic E-state index is 0. The molecule has 0 atom stereocenters. The summed E-state index contributed by atoms with van der Waals surface area (Å²) in [5.41, 5.74) is 4.46. The molecule has 2 aromatic carbocycles. The van der Waals surface area contributed by atoms with Crippen LogP contribution in [0.5, 0.6) is 5.75 Å². The van der Waals surface area contributed by atoms with E-state index >= 15 is 0 Å². The van der Waals surface area contributed by atoms with Gasteiger partial charge in [-0.2, -0.15) is 5.10 Å². The Balaban J connectivity index is 0.00000363. The van der Waals surface area contributed by atoms with E-state index in [2.05, 4.69) is 46.0 Å². The Kier molecular flexibility index (Phi) is 11.0. The average molecular weight is 549 g/mol. The molecule has 172 valence electrons. The topological polar surface area (TPSA) is 72.7 Å². The summed E-state index contributed by atoms with van der Waals surface area (Å²) in [7, 11) is 3.44. The van der Waals surface area contributed by atoms with Gasteiger partial charge in [0.15, 0.2) is 5.96 Å². The number of aliphatic imine (C=N–C) groups is 1. The van der Waals surface area contributed by atoms with E-state index in [9.17, 15) is 0 Å². The van der Waals surface area contributed by atoms with E-state index in [0.717, 1.165) is 41.5 Å². The predicted octanol–water partition coefficient (Wildman–Crippen LogP) is 3.73. The highest BCUT2D eigenvalue weighted by Crippen LogP contribution is 2.20. The first-order valence-electron chi connectivity index (χ1n) is 10.4. The molecule has 8 heteroatoms. The number of hydrogen-bond acceptors (Lipinski definition) is 4. The molecule has 0 aliphatic rings. The van der Waals surface area contributed by atoms with Crippen LogP contribution in [0.1, 0.15) is 16.7 Å². The molecular formula is C24H32IN5O2. The Hall–Kier alpha value is -2.59. The summed E-state index contributed by atoms with van der Waals surface area (Å²) in [4.78, 5) is 4.32. The molecule has 0 radical (unpaired) electrons. The number of rotatable bonds is 10. The second-order valence-electron chi connectivity index (χ2n) is 7.18. The average Bonchev–Trinajstić information content (AvgIpc) is 3.27. The first-order chi connectivity index (χ1) is 15.2. The van der Waals surface area contributed by atoms with E-state index in [4.69, 9.17) is 9.47 Å². The molecule has 0 unspecified atom stereocenters. The summed E-state index contributed by atoms with van der Waals surface area (Å²) in [6.45, 7) is 4.52. The second kappa shape index (κ2) is 13.7. The van der Waals surface area contributed by atoms with Crippen molar-refractivity contribution in [3.63, 3.8) is 0 Å². The van der Waals surface area contributed by atoms with E-state index in [1.54, 1.807) is 14.2 Å². The number of ether oxygens (including phenoxy) is 2. The van der Waals surface area contributed by atoms with Crippen molar-refractivity contribution in [2.45, 2.75) is 19.9 Å². The van der Waals surface area contributed by atoms with Gasteiger partial charge in [0.25, 0.3) is 0 Å². The maximum absolute atomic E-state index is 5.87. The molecule has 3 aromatic rings. The van der Waals surface area contributed by atoms with Crippen molar-refractivity contribution in [3.8, 4) is 11.4 Å². The number of nitrogens with one attached hydrogen (secondary N) is 2. The van der Waals surface area contributed by atoms with Gasteiger partial charge in [-0.3, -0.25) is 4.99 Å². The quantitative estimate of drug-likeness (QED) is 0.175. The summed E-state index contributed by atoms with van der Waals surface area (Å²) >= 11 is 0. The summed E-state index contributed by atoms with van der Waals surface area (Å²) in [6.07, 6.45) is 4.81. The molecule has 0 bridgehead atoms. The van der Waals surface area contributed by atoms with Crippen molar-refractivity contribution >= 4 is 29.9 Å². The van der Waals surface area contributed by atoms with Gasteiger partial charge in [-0.05, 0) is 42.7 Å². The number of halogens is 1. The highest BCUT2D eigenvalue weighted by Gasteiger charge is 2.07. The summed E-state index contributed by atoms with van der Waals surface area (Å²) in [5.74, 6) is 1.62. The molecule has 7 nitrogen and oxygen atoms in total. The zero-order valence-corrected chi connectivity index (χ0v) is 21.2. The Morgan fingerprint density at radius 2 is 1.91 bits per heavy atom. The molecule has 0 fully saturated rings. The molecule has 0 saturated heterocycles. The lowest BCUT2D eigenvalue weighted by molar-refractivity contribution is 0.145. The van der Waals surface area contributed by atoms with Crippen molar-refractivity contribution in [1.29, 1.82) is 0 Å². The summed E-state index contributed by atoms with van der Waals surface area (Å²) in [6, 6.07) is 16.3. The molecule has 1 aromatic heterocycles. The molecule has 0 aliphatic carbocycles. The fourth-order valence-electron chi connectivity index (χ4n) is 3.11. The second-order valence-corrected chi connectivity index (χ2v) is 7.18. The molecule has 32 heavy (non-hydrogen) atoms. The van der Waals surface area contributed by atoms with E-state index in [0.29, 0.717) is 19.8 Å². The van der Waals surface area contributed by atoms with Crippen LogP contribution in [0, 0.1) is 6.92 Å². The number of aryl methyl sites for hydroxylation is 1. The molecule has 2 N–H and O–H groups in total. The molecule has 0 saturated carbocycles. The molecular weight excluding hydrogens is 517 g/mol. The van der Waals surface area contributed by atoms with Crippen LogP contribution in [0.3, 0.4) is 0 Å². The van der Waals surface area contributed by atoms with Crippen LogP contribution in [-0.4, -0.2) is 49.7 Å². The van der Waals surface area contributed by atoms with Gasteiger partial charge in [-0.15, -0.1) is 24.0 Å². The normalized spacial score (nSPS) is 11.0. The number of hydrogen-bond donors (Lipinski definition) is 2. The van der Waals surface area contributed by atoms with Crippen LogP contribution in [0.25, 0.3) is 5.69 Å². The van der Waals surface area contributed by atoms with E-state index < -0.39 is 0 Å². The highest BCUT2D eigenvalue weighted by molar-refractivity contribution is 14.0. The minimum Gasteiger partial charge on any atom is -0.491 e. The van der Waals surface area contributed by atoms with Gasteiger partial charge in [-0.1, -0.05) is 30.3 Å². The lowest BCUT2D eigenvalue weighted by Crippen LogP contribution is -2.37. The van der Waals surface area contributed by atoms with Crippen LogP contribution in [0.2, 0.25) is 0 Å². The Labute approximate surface area is 207 Å². The first kappa shape index (κ1) is 25.7. The van der Waals surface area contributed by atoms with Gasteiger partial charge in [0.05, 0.1) is 18.5 Å². The molecule has 0 amide bonds. The van der Waals surface area contributed by atoms with E-state index in [-0.39, 0.29) is 24.0 Å². The zero-order valence-electron chi connectivity index (χ0n) is 18.9. The van der Waals surface area contributed by atoms with Crippen molar-refractivity contribution in [2.75, 3.05) is 33.9 Å². The lowest BCUT2D eigenvalue weighted by atomic mass is 10.1. The third-order valence-electron chi connectivity index (χ3n) is 4.80. The van der Waals surface area contributed by atoms with Crippen LogP contribution < -0.4 is 15.4 Å². The summed E-state index contributed by atoms with van der Waals surface area (Å²) < 4.78 is 12.8. The maximum atomic E-state index is 5.87. The fourth-order valence-corrected chi connectivity index (χ4v) is 3.11. The van der Waals surface area contributed by atoms with Crippen molar-refractivity contribution in [2.24, 2.45) is 4.99 Å². The monoisotopic (exact) mass is 549 g/mol. The number of benzene rings is 2. The molecule has 0 spiro atoms. The van der Waals surface area contributed by atoms with Gasteiger partial charge in [-0.25, -0.2) is 4.68 Å². The first-order valence-corrected chi connectivity index (χ1v) is 10.4. The van der Waals surface area contributed by atoms with Crippen molar-refractivity contribution < 1.29 is 9.47 Å². The van der Waals surface area contributed by atoms with Crippen LogP contribution >= 0.6 is 24.0 Å². The van der Waals surface area contributed by atoms with E-state index in [1.807, 2.05) is 47.3 Å². The number of guanidine groups is 1. The van der Waals surface area contributed by atoms with Gasteiger partial charge < -0.3 is 20.1 Å². The predicted molar refractivity (Wildman–Crippen MR) is 139 cm³/mol. The fraction of sp³-hybridized carbons (Fsp3) is 0.333.